The van der Waals surface area contributed by atoms with Crippen LogP contribution in [-0.2, 0) is 4.74 Å². The van der Waals surface area contributed by atoms with Crippen molar-refractivity contribution in [3.05, 3.63) is 68.0 Å². The van der Waals surface area contributed by atoms with Crippen LogP contribution in [0.3, 0.4) is 0 Å². The van der Waals surface area contributed by atoms with Gasteiger partial charge in [0.15, 0.2) is 11.5 Å². The molecule has 12 heteroatoms. The Hall–Kier alpha value is -3.25. The van der Waals surface area contributed by atoms with Crippen molar-refractivity contribution < 1.29 is 17.9 Å². The molecule has 1 unspecified atom stereocenters. The van der Waals surface area contributed by atoms with Gasteiger partial charge in [0.05, 0.1) is 34.1 Å². The number of fused-ring (bicyclic) bond motifs is 2. The zero-order valence-electron chi connectivity index (χ0n) is 22.0. The van der Waals surface area contributed by atoms with Gasteiger partial charge in [-0.1, -0.05) is 0 Å². The molecule has 1 saturated heterocycles. The SMILES string of the molecule is Cc1nc2nc([C@H]3CCO[C@@H](c4ccc(=O)n(-c5cscn5)c4)C3)nc(C3CC4(C(F)(F)F)CC3C4)c2nc1C. The Morgan fingerprint density at radius 1 is 1.07 bits per heavy atom. The predicted octanol–water partition coefficient (Wildman–Crippen LogP) is 5.73. The van der Waals surface area contributed by atoms with E-state index in [1.165, 1.54) is 22.0 Å². The number of aryl methyl sites for hydroxylation is 2. The number of ether oxygens (including phenoxy) is 1. The summed E-state index contributed by atoms with van der Waals surface area (Å²) in [5, 5.41) is 1.81. The highest BCUT2D eigenvalue weighted by Crippen LogP contribution is 2.70. The summed E-state index contributed by atoms with van der Waals surface area (Å²) < 4.78 is 49.4. The normalized spacial score (nSPS) is 28.1. The molecule has 8 nitrogen and oxygen atoms in total. The molecular formula is C28H27F3N6O2S. The van der Waals surface area contributed by atoms with E-state index in [0.29, 0.717) is 47.9 Å². The number of halogens is 3. The van der Waals surface area contributed by atoms with E-state index in [2.05, 4.69) is 9.97 Å². The van der Waals surface area contributed by atoms with Crippen molar-refractivity contribution in [3.63, 3.8) is 0 Å². The van der Waals surface area contributed by atoms with Gasteiger partial charge in [-0.05, 0) is 63.5 Å². The lowest BCUT2D eigenvalue weighted by atomic mass is 9.68. The van der Waals surface area contributed by atoms with Gasteiger partial charge in [0.1, 0.15) is 11.3 Å². The summed E-state index contributed by atoms with van der Waals surface area (Å²) in [4.78, 5) is 35.9. The topological polar surface area (TPSA) is 95.7 Å². The Morgan fingerprint density at radius 2 is 1.88 bits per heavy atom. The maximum atomic E-state index is 13.9. The number of pyridine rings is 1. The van der Waals surface area contributed by atoms with Crippen molar-refractivity contribution in [2.75, 3.05) is 6.61 Å². The average Bonchev–Trinajstić information content (AvgIpc) is 3.65. The Kier molecular flexibility index (Phi) is 5.87. The van der Waals surface area contributed by atoms with E-state index in [-0.39, 0.29) is 48.7 Å². The first-order chi connectivity index (χ1) is 19.1. The Morgan fingerprint density at radius 3 is 2.60 bits per heavy atom. The van der Waals surface area contributed by atoms with Gasteiger partial charge < -0.3 is 4.74 Å². The third-order valence-electron chi connectivity index (χ3n) is 9.05. The second-order valence-corrected chi connectivity index (χ2v) is 12.1. The second-order valence-electron chi connectivity index (χ2n) is 11.4. The fourth-order valence-electron chi connectivity index (χ4n) is 6.70. The molecule has 3 atom stereocenters. The summed E-state index contributed by atoms with van der Waals surface area (Å²) >= 11 is 1.41. The molecule has 3 saturated carbocycles. The number of thiazole rings is 1. The predicted molar refractivity (Wildman–Crippen MR) is 142 cm³/mol. The molecule has 0 amide bonds. The fourth-order valence-corrected chi connectivity index (χ4v) is 7.23. The molecule has 4 aromatic rings. The van der Waals surface area contributed by atoms with Crippen molar-refractivity contribution >= 4 is 22.5 Å². The van der Waals surface area contributed by atoms with Gasteiger partial charge >= 0.3 is 6.18 Å². The first kappa shape index (κ1) is 25.7. The van der Waals surface area contributed by atoms with E-state index < -0.39 is 11.6 Å². The molecule has 1 aliphatic heterocycles. The van der Waals surface area contributed by atoms with Crippen molar-refractivity contribution in [3.8, 4) is 5.82 Å². The molecule has 4 aromatic heterocycles. The summed E-state index contributed by atoms with van der Waals surface area (Å²) in [5.74, 6) is 0.663. The number of aromatic nitrogens is 6. The fraction of sp³-hybridized carbons (Fsp3) is 0.500. The summed E-state index contributed by atoms with van der Waals surface area (Å²) in [5.41, 5.74) is 3.73. The van der Waals surface area contributed by atoms with Crippen molar-refractivity contribution in [1.29, 1.82) is 0 Å². The van der Waals surface area contributed by atoms with Gasteiger partial charge in [0.2, 0.25) is 0 Å². The minimum Gasteiger partial charge on any atom is -0.373 e. The van der Waals surface area contributed by atoms with Crippen molar-refractivity contribution in [2.45, 2.75) is 70.1 Å². The number of alkyl halides is 3. The number of rotatable bonds is 4. The first-order valence-electron chi connectivity index (χ1n) is 13.4. The molecule has 2 bridgehead atoms. The van der Waals surface area contributed by atoms with Crippen LogP contribution in [0.2, 0.25) is 0 Å². The number of hydrogen-bond acceptors (Lipinski definition) is 8. The molecule has 0 aromatic carbocycles. The molecule has 0 N–H and O–H groups in total. The van der Waals surface area contributed by atoms with Crippen LogP contribution < -0.4 is 5.56 Å². The molecule has 4 aliphatic rings. The molecule has 0 radical (unpaired) electrons. The van der Waals surface area contributed by atoms with Crippen molar-refractivity contribution in [1.82, 2.24) is 29.5 Å². The van der Waals surface area contributed by atoms with Crippen LogP contribution in [-0.4, -0.2) is 42.3 Å². The van der Waals surface area contributed by atoms with Gasteiger partial charge in [-0.2, -0.15) is 13.2 Å². The third kappa shape index (κ3) is 4.06. The maximum absolute atomic E-state index is 13.9. The van der Waals surface area contributed by atoms with Gasteiger partial charge in [0.25, 0.3) is 5.56 Å². The van der Waals surface area contributed by atoms with E-state index in [4.69, 9.17) is 19.7 Å². The van der Waals surface area contributed by atoms with Gasteiger partial charge in [0, 0.05) is 36.1 Å². The second kappa shape index (κ2) is 9.13. The third-order valence-corrected chi connectivity index (χ3v) is 9.62. The maximum Gasteiger partial charge on any atom is 0.394 e. The minimum absolute atomic E-state index is 0.0376. The molecule has 4 fully saturated rings. The lowest BCUT2D eigenvalue weighted by Gasteiger charge is -2.39. The van der Waals surface area contributed by atoms with Crippen LogP contribution in [0.25, 0.3) is 17.0 Å². The Bertz CT molecular complexity index is 1670. The van der Waals surface area contributed by atoms with Crippen LogP contribution in [0.1, 0.15) is 78.5 Å². The molecule has 40 heavy (non-hydrogen) atoms. The highest BCUT2D eigenvalue weighted by Gasteiger charge is 2.69. The summed E-state index contributed by atoms with van der Waals surface area (Å²) in [6.07, 6.45) is -1.18. The highest BCUT2D eigenvalue weighted by atomic mass is 32.1. The summed E-state index contributed by atoms with van der Waals surface area (Å²) in [6.45, 7) is 4.17. The zero-order chi connectivity index (χ0) is 27.8. The summed E-state index contributed by atoms with van der Waals surface area (Å²) in [7, 11) is 0. The van der Waals surface area contributed by atoms with Gasteiger partial charge in [-0.25, -0.2) is 24.9 Å². The highest BCUT2D eigenvalue weighted by molar-refractivity contribution is 7.07. The van der Waals surface area contributed by atoms with Gasteiger partial charge in [-0.3, -0.25) is 9.36 Å². The molecule has 0 spiro atoms. The lowest BCUT2D eigenvalue weighted by molar-refractivity contribution is -0.244. The standard InChI is InChI=1S/C28H27F3N6O2S/c1-14-15(2)34-26-24(33-14)23(19-10-27(28(29,30)31)8-18(19)9-27)35-25(36-26)16-5-6-39-20(7-16)17-3-4-22(38)37(11-17)21-12-40-13-32-21/h3-4,11-13,16,18-20H,5-10H2,1-2H3/t16-,18?,19?,20+,27?/m0/s1. The lowest BCUT2D eigenvalue weighted by Crippen LogP contribution is -2.42. The number of nitrogens with zero attached hydrogens (tertiary/aromatic N) is 6. The average molecular weight is 569 g/mol. The molecule has 3 aliphatic carbocycles. The van der Waals surface area contributed by atoms with E-state index in [0.717, 1.165) is 17.0 Å². The van der Waals surface area contributed by atoms with Gasteiger partial charge in [-0.15, -0.1) is 11.3 Å². The monoisotopic (exact) mass is 568 g/mol. The van der Waals surface area contributed by atoms with E-state index in [9.17, 15) is 18.0 Å². The molecule has 8 rings (SSSR count). The molecular weight excluding hydrogens is 541 g/mol. The smallest absolute Gasteiger partial charge is 0.373 e. The first-order valence-corrected chi connectivity index (χ1v) is 14.4. The molecule has 5 heterocycles. The van der Waals surface area contributed by atoms with E-state index in [1.807, 2.05) is 13.8 Å². The van der Waals surface area contributed by atoms with Crippen molar-refractivity contribution in [2.24, 2.45) is 11.3 Å². The van der Waals surface area contributed by atoms with E-state index >= 15 is 0 Å². The van der Waals surface area contributed by atoms with Crippen LogP contribution in [0.4, 0.5) is 13.2 Å². The van der Waals surface area contributed by atoms with Crippen LogP contribution in [0.15, 0.2) is 34.0 Å². The Balaban J connectivity index is 1.25. The summed E-state index contributed by atoms with van der Waals surface area (Å²) in [6, 6.07) is 3.28. The van der Waals surface area contributed by atoms with Crippen LogP contribution >= 0.6 is 11.3 Å². The van der Waals surface area contributed by atoms with Crippen LogP contribution in [0.5, 0.6) is 0 Å². The Labute approximate surface area is 231 Å². The zero-order valence-corrected chi connectivity index (χ0v) is 22.8. The molecule has 208 valence electrons. The van der Waals surface area contributed by atoms with Crippen LogP contribution in [0, 0.1) is 25.2 Å². The van der Waals surface area contributed by atoms with E-state index in [1.54, 1.807) is 23.2 Å². The minimum atomic E-state index is -4.22. The largest absolute Gasteiger partial charge is 0.394 e. The number of hydrogen-bond donors (Lipinski definition) is 0. The quantitative estimate of drug-likeness (QED) is 0.311.